The first kappa shape index (κ1) is 15.5. The number of phenols is 1. The molecule has 3 rings (SSSR count). The van der Waals surface area contributed by atoms with Crippen molar-refractivity contribution in [1.82, 2.24) is 9.78 Å². The highest BCUT2D eigenvalue weighted by Gasteiger charge is 2.13. The first-order chi connectivity index (χ1) is 11.6. The second-order valence-electron chi connectivity index (χ2n) is 5.44. The molecule has 6 nitrogen and oxygen atoms in total. The third-order valence-corrected chi connectivity index (χ3v) is 3.74. The molecule has 122 valence electrons. The van der Waals surface area contributed by atoms with Crippen molar-refractivity contribution in [3.63, 3.8) is 0 Å². The van der Waals surface area contributed by atoms with E-state index in [1.54, 1.807) is 35.0 Å². The topological polar surface area (TPSA) is 116 Å². The molecule has 0 aliphatic rings. The van der Waals surface area contributed by atoms with Gasteiger partial charge in [0.15, 0.2) is 5.82 Å². The van der Waals surface area contributed by atoms with E-state index >= 15 is 0 Å². The zero-order valence-electron chi connectivity index (χ0n) is 13.1. The summed E-state index contributed by atoms with van der Waals surface area (Å²) in [6, 6.07) is 16.7. The van der Waals surface area contributed by atoms with Crippen molar-refractivity contribution >= 4 is 23.3 Å². The number of hydrogen-bond donors (Lipinski definition) is 4. The Hall–Kier alpha value is -3.41. The van der Waals surface area contributed by atoms with Crippen LogP contribution in [0.4, 0.5) is 11.5 Å². The number of nitrogen functional groups attached to an aromatic ring is 2. The number of para-hydroxylation sites is 1. The molecule has 2 aromatic carbocycles. The van der Waals surface area contributed by atoms with E-state index in [0.29, 0.717) is 29.2 Å². The predicted octanol–water partition coefficient (Wildman–Crippen LogP) is 2.26. The molecule has 0 amide bonds. The Morgan fingerprint density at radius 2 is 1.71 bits per heavy atom. The van der Waals surface area contributed by atoms with Crippen molar-refractivity contribution in [2.45, 2.75) is 6.54 Å². The normalized spacial score (nSPS) is 11.6. The Morgan fingerprint density at radius 1 is 1.04 bits per heavy atom. The van der Waals surface area contributed by atoms with Gasteiger partial charge in [-0.05, 0) is 23.8 Å². The number of benzene rings is 2. The molecule has 24 heavy (non-hydrogen) atoms. The molecule has 0 fully saturated rings. The number of anilines is 2. The van der Waals surface area contributed by atoms with Crippen molar-refractivity contribution in [3.8, 4) is 5.75 Å². The van der Waals surface area contributed by atoms with Crippen LogP contribution in [-0.4, -0.2) is 14.9 Å². The van der Waals surface area contributed by atoms with Gasteiger partial charge in [-0.1, -0.05) is 42.5 Å². The largest absolute Gasteiger partial charge is 0.507 e. The lowest BCUT2D eigenvalue weighted by molar-refractivity contribution is 0.473. The quantitative estimate of drug-likeness (QED) is 0.588. The number of nitrogens with two attached hydrogens (primary N) is 3. The van der Waals surface area contributed by atoms with E-state index in [-0.39, 0.29) is 11.6 Å². The second-order valence-corrected chi connectivity index (χ2v) is 5.44. The Balaban J connectivity index is 2.01. The molecule has 0 atom stereocenters. The molecule has 1 aromatic heterocycles. The Kier molecular flexibility index (Phi) is 4.11. The van der Waals surface area contributed by atoms with Gasteiger partial charge in [0.05, 0.1) is 12.2 Å². The highest BCUT2D eigenvalue weighted by atomic mass is 16.3. The monoisotopic (exact) mass is 321 g/mol. The van der Waals surface area contributed by atoms with E-state index in [0.717, 1.165) is 5.56 Å². The standard InChI is InChI=1S/C18H19N5O/c19-14(13-8-4-5-9-16(13)24)10-15-17(20)18(21)22-23(15)11-12-6-2-1-3-7-12/h1-10,24H,11,19-20H2,(H2,21,22)/b14-10-. The molecule has 1 heterocycles. The zero-order chi connectivity index (χ0) is 17.1. The maximum absolute atomic E-state index is 9.94. The lowest BCUT2D eigenvalue weighted by atomic mass is 10.1. The first-order valence-corrected chi connectivity index (χ1v) is 7.47. The number of nitrogens with zero attached hydrogens (tertiary/aromatic N) is 2. The van der Waals surface area contributed by atoms with Crippen molar-refractivity contribution in [1.29, 1.82) is 0 Å². The molecule has 0 aliphatic carbocycles. The average molecular weight is 321 g/mol. The minimum atomic E-state index is 0.104. The molecule has 0 bridgehead atoms. The van der Waals surface area contributed by atoms with Gasteiger partial charge in [-0.3, -0.25) is 4.68 Å². The third-order valence-electron chi connectivity index (χ3n) is 3.74. The van der Waals surface area contributed by atoms with Gasteiger partial charge in [0.1, 0.15) is 11.4 Å². The molecule has 0 saturated carbocycles. The van der Waals surface area contributed by atoms with Crippen LogP contribution in [0, 0.1) is 0 Å². The second kappa shape index (κ2) is 6.37. The van der Waals surface area contributed by atoms with Gasteiger partial charge in [-0.15, -0.1) is 0 Å². The minimum absolute atomic E-state index is 0.104. The van der Waals surface area contributed by atoms with E-state index < -0.39 is 0 Å². The van der Waals surface area contributed by atoms with Gasteiger partial charge < -0.3 is 22.3 Å². The smallest absolute Gasteiger partial charge is 0.169 e. The fourth-order valence-corrected chi connectivity index (χ4v) is 2.48. The zero-order valence-corrected chi connectivity index (χ0v) is 13.1. The Morgan fingerprint density at radius 3 is 2.42 bits per heavy atom. The first-order valence-electron chi connectivity index (χ1n) is 7.47. The minimum Gasteiger partial charge on any atom is -0.507 e. The van der Waals surface area contributed by atoms with Crippen LogP contribution in [0.5, 0.6) is 5.75 Å². The fraction of sp³-hybridized carbons (Fsp3) is 0.0556. The number of rotatable bonds is 4. The van der Waals surface area contributed by atoms with Crippen LogP contribution < -0.4 is 17.2 Å². The van der Waals surface area contributed by atoms with Crippen molar-refractivity contribution in [2.24, 2.45) is 5.73 Å². The summed E-state index contributed by atoms with van der Waals surface area (Å²) in [5, 5.41) is 14.2. The van der Waals surface area contributed by atoms with E-state index in [1.807, 2.05) is 30.3 Å². The van der Waals surface area contributed by atoms with Crippen LogP contribution in [-0.2, 0) is 6.54 Å². The number of aromatic nitrogens is 2. The van der Waals surface area contributed by atoms with E-state index in [9.17, 15) is 5.11 Å². The summed E-state index contributed by atoms with van der Waals surface area (Å²) in [6.07, 6.45) is 1.68. The van der Waals surface area contributed by atoms with Gasteiger partial charge in [0.25, 0.3) is 0 Å². The predicted molar refractivity (Wildman–Crippen MR) is 96.8 cm³/mol. The molecule has 0 unspecified atom stereocenters. The van der Waals surface area contributed by atoms with E-state index in [4.69, 9.17) is 17.2 Å². The van der Waals surface area contributed by atoms with Gasteiger partial charge >= 0.3 is 0 Å². The average Bonchev–Trinajstić information content (AvgIpc) is 2.84. The summed E-state index contributed by atoms with van der Waals surface area (Å²) in [5.74, 6) is 0.356. The maximum Gasteiger partial charge on any atom is 0.169 e. The van der Waals surface area contributed by atoms with Crippen LogP contribution in [0.25, 0.3) is 11.8 Å². The van der Waals surface area contributed by atoms with Gasteiger partial charge in [0.2, 0.25) is 0 Å². The van der Waals surface area contributed by atoms with Gasteiger partial charge in [0, 0.05) is 11.3 Å². The van der Waals surface area contributed by atoms with Crippen molar-refractivity contribution in [3.05, 3.63) is 71.4 Å². The molecule has 0 saturated heterocycles. The van der Waals surface area contributed by atoms with Crippen LogP contribution in [0.3, 0.4) is 0 Å². The third kappa shape index (κ3) is 3.03. The maximum atomic E-state index is 9.94. The molecular formula is C18H19N5O. The molecule has 0 spiro atoms. The van der Waals surface area contributed by atoms with Crippen LogP contribution in [0.1, 0.15) is 16.8 Å². The summed E-state index contributed by atoms with van der Waals surface area (Å²) in [4.78, 5) is 0. The van der Waals surface area contributed by atoms with Crippen molar-refractivity contribution in [2.75, 3.05) is 11.5 Å². The molecule has 6 heteroatoms. The van der Waals surface area contributed by atoms with Crippen LogP contribution in [0.2, 0.25) is 0 Å². The summed E-state index contributed by atoms with van der Waals surface area (Å²) in [6.45, 7) is 0.516. The summed E-state index contributed by atoms with van der Waals surface area (Å²) in [5.41, 5.74) is 21.0. The summed E-state index contributed by atoms with van der Waals surface area (Å²) < 4.78 is 1.70. The summed E-state index contributed by atoms with van der Waals surface area (Å²) in [7, 11) is 0. The number of phenolic OH excluding ortho intramolecular Hbond substituents is 1. The van der Waals surface area contributed by atoms with Gasteiger partial charge in [-0.25, -0.2) is 0 Å². The highest BCUT2D eigenvalue weighted by molar-refractivity contribution is 5.86. The number of hydrogen-bond acceptors (Lipinski definition) is 5. The lowest BCUT2D eigenvalue weighted by Gasteiger charge is -2.08. The Bertz CT molecular complexity index is 884. The lowest BCUT2D eigenvalue weighted by Crippen LogP contribution is -2.06. The number of aromatic hydroxyl groups is 1. The fourth-order valence-electron chi connectivity index (χ4n) is 2.48. The molecule has 3 aromatic rings. The van der Waals surface area contributed by atoms with Gasteiger partial charge in [-0.2, -0.15) is 5.10 Å². The molecule has 7 N–H and O–H groups in total. The van der Waals surface area contributed by atoms with E-state index in [2.05, 4.69) is 5.10 Å². The summed E-state index contributed by atoms with van der Waals surface area (Å²) >= 11 is 0. The van der Waals surface area contributed by atoms with Crippen LogP contribution >= 0.6 is 0 Å². The molecular weight excluding hydrogens is 302 g/mol. The molecule has 0 aliphatic heterocycles. The SMILES string of the molecule is N/C(=C\c1c(N)c(N)nn1Cc1ccccc1)c1ccccc1O. The molecule has 0 radical (unpaired) electrons. The Labute approximate surface area is 139 Å². The van der Waals surface area contributed by atoms with E-state index in [1.165, 1.54) is 0 Å². The van der Waals surface area contributed by atoms with Crippen LogP contribution in [0.15, 0.2) is 54.6 Å². The highest BCUT2D eigenvalue weighted by Crippen LogP contribution is 2.27. The van der Waals surface area contributed by atoms with Crippen molar-refractivity contribution < 1.29 is 5.11 Å².